The van der Waals surface area contributed by atoms with Crippen molar-refractivity contribution in [3.05, 3.63) is 29.0 Å². The molecule has 0 bridgehead atoms. The van der Waals surface area contributed by atoms with Crippen LogP contribution >= 0.6 is 23.2 Å². The Balaban J connectivity index is 2.15. The van der Waals surface area contributed by atoms with Crippen LogP contribution in [0.4, 0.5) is 0 Å². The Kier molecular flexibility index (Phi) is 3.25. The lowest BCUT2D eigenvalue weighted by molar-refractivity contribution is 0.494. The molecule has 1 aliphatic carbocycles. The summed E-state index contributed by atoms with van der Waals surface area (Å²) in [5.41, 5.74) is 2.12. The number of hydrogen-bond donors (Lipinski definition) is 0. The summed E-state index contributed by atoms with van der Waals surface area (Å²) in [4.78, 5) is 4.61. The van der Waals surface area contributed by atoms with Crippen LogP contribution in [0.2, 0.25) is 5.02 Å². The Hall–Kier alpha value is -0.730. The first kappa shape index (κ1) is 12.3. The fourth-order valence-corrected chi connectivity index (χ4v) is 3.38. The minimum atomic E-state index is 0.456. The average Bonchev–Trinajstić information content (AvgIpc) is 2.91. The van der Waals surface area contributed by atoms with Gasteiger partial charge in [-0.25, -0.2) is 4.98 Å². The number of alkyl halides is 1. The van der Waals surface area contributed by atoms with Gasteiger partial charge in [0.25, 0.3) is 0 Å². The van der Waals surface area contributed by atoms with Gasteiger partial charge in [-0.2, -0.15) is 0 Å². The highest BCUT2D eigenvalue weighted by Crippen LogP contribution is 2.37. The summed E-state index contributed by atoms with van der Waals surface area (Å²) in [7, 11) is 0. The predicted octanol–water partition coefficient (Wildman–Crippen LogP) is 4.79. The summed E-state index contributed by atoms with van der Waals surface area (Å²) in [6.45, 7) is 2.31. The molecule has 1 heterocycles. The number of nitrogens with zero attached hydrogens (tertiary/aromatic N) is 2. The first-order chi connectivity index (χ1) is 8.69. The van der Waals surface area contributed by atoms with Crippen molar-refractivity contribution in [3.63, 3.8) is 0 Å². The van der Waals surface area contributed by atoms with E-state index in [1.807, 2.05) is 18.2 Å². The van der Waals surface area contributed by atoms with E-state index in [4.69, 9.17) is 23.2 Å². The zero-order valence-corrected chi connectivity index (χ0v) is 11.9. The summed E-state index contributed by atoms with van der Waals surface area (Å²) in [5.74, 6) is 2.21. The van der Waals surface area contributed by atoms with Gasteiger partial charge in [0, 0.05) is 11.1 Å². The van der Waals surface area contributed by atoms with Gasteiger partial charge in [-0.15, -0.1) is 11.6 Å². The zero-order chi connectivity index (χ0) is 12.7. The molecule has 2 aromatic rings. The van der Waals surface area contributed by atoms with Crippen LogP contribution in [0.1, 0.15) is 38.1 Å². The summed E-state index contributed by atoms with van der Waals surface area (Å²) < 4.78 is 2.30. The number of aromatic nitrogens is 2. The Morgan fingerprint density at radius 3 is 2.89 bits per heavy atom. The van der Waals surface area contributed by atoms with Gasteiger partial charge in [0.2, 0.25) is 0 Å². The van der Waals surface area contributed by atoms with Crippen LogP contribution in [-0.2, 0) is 5.88 Å². The first-order valence-corrected chi connectivity index (χ1v) is 7.32. The Morgan fingerprint density at radius 1 is 1.39 bits per heavy atom. The lowest BCUT2D eigenvalue weighted by Gasteiger charge is -2.16. The zero-order valence-electron chi connectivity index (χ0n) is 10.4. The van der Waals surface area contributed by atoms with Crippen molar-refractivity contribution >= 4 is 34.2 Å². The first-order valence-electron chi connectivity index (χ1n) is 6.41. The molecule has 2 atom stereocenters. The van der Waals surface area contributed by atoms with E-state index >= 15 is 0 Å². The predicted molar refractivity (Wildman–Crippen MR) is 76.4 cm³/mol. The van der Waals surface area contributed by atoms with Crippen molar-refractivity contribution in [3.8, 4) is 0 Å². The molecule has 1 fully saturated rings. The molecule has 18 heavy (non-hydrogen) atoms. The molecule has 2 nitrogen and oxygen atoms in total. The van der Waals surface area contributed by atoms with Gasteiger partial charge in [0.1, 0.15) is 5.82 Å². The van der Waals surface area contributed by atoms with Gasteiger partial charge in [-0.05, 0) is 43.4 Å². The third-order valence-corrected chi connectivity index (χ3v) is 4.35. The Morgan fingerprint density at radius 2 is 2.22 bits per heavy atom. The summed E-state index contributed by atoms with van der Waals surface area (Å²) in [5, 5.41) is 0.760. The highest BCUT2D eigenvalue weighted by atomic mass is 35.5. The van der Waals surface area contributed by atoms with Crippen LogP contribution in [0, 0.1) is 5.92 Å². The van der Waals surface area contributed by atoms with Gasteiger partial charge in [0.15, 0.2) is 0 Å². The summed E-state index contributed by atoms with van der Waals surface area (Å²) in [6, 6.07) is 6.39. The molecular weight excluding hydrogens is 267 g/mol. The highest BCUT2D eigenvalue weighted by Gasteiger charge is 2.26. The van der Waals surface area contributed by atoms with E-state index in [1.165, 1.54) is 19.3 Å². The molecule has 1 aromatic heterocycles. The van der Waals surface area contributed by atoms with E-state index < -0.39 is 0 Å². The van der Waals surface area contributed by atoms with Crippen LogP contribution in [0.3, 0.4) is 0 Å². The molecule has 2 unspecified atom stereocenters. The maximum absolute atomic E-state index is 6.10. The van der Waals surface area contributed by atoms with Crippen molar-refractivity contribution in [2.75, 3.05) is 0 Å². The van der Waals surface area contributed by atoms with Crippen molar-refractivity contribution in [2.24, 2.45) is 5.92 Å². The van der Waals surface area contributed by atoms with Gasteiger partial charge in [0.05, 0.1) is 16.9 Å². The fraction of sp³-hybridized carbons (Fsp3) is 0.500. The van der Waals surface area contributed by atoms with E-state index in [0.29, 0.717) is 11.9 Å². The van der Waals surface area contributed by atoms with Gasteiger partial charge in [-0.1, -0.05) is 18.5 Å². The monoisotopic (exact) mass is 282 g/mol. The minimum Gasteiger partial charge on any atom is -0.324 e. The molecule has 0 N–H and O–H groups in total. The molecule has 1 saturated carbocycles. The molecular formula is C14H16Cl2N2. The molecule has 1 aromatic carbocycles. The van der Waals surface area contributed by atoms with Crippen LogP contribution in [0.15, 0.2) is 18.2 Å². The standard InChI is InChI=1S/C14H16Cl2N2/c1-9-2-4-11(6-9)18-13-7-10(16)3-5-12(13)17-14(18)8-15/h3,5,7,9,11H,2,4,6,8H2,1H3. The molecule has 0 radical (unpaired) electrons. The molecule has 0 aliphatic heterocycles. The quantitative estimate of drug-likeness (QED) is 0.724. The van der Waals surface area contributed by atoms with Crippen molar-refractivity contribution in [2.45, 2.75) is 38.1 Å². The third-order valence-electron chi connectivity index (χ3n) is 3.88. The van der Waals surface area contributed by atoms with Gasteiger partial charge in [-0.3, -0.25) is 0 Å². The lowest BCUT2D eigenvalue weighted by atomic mass is 10.1. The maximum atomic E-state index is 6.10. The smallest absolute Gasteiger partial charge is 0.125 e. The second kappa shape index (κ2) is 4.75. The number of benzene rings is 1. The van der Waals surface area contributed by atoms with Crippen LogP contribution < -0.4 is 0 Å². The van der Waals surface area contributed by atoms with E-state index in [1.54, 1.807) is 0 Å². The number of imidazole rings is 1. The molecule has 0 saturated heterocycles. The Bertz CT molecular complexity index is 576. The number of hydrogen-bond acceptors (Lipinski definition) is 1. The molecule has 1 aliphatic rings. The van der Waals surface area contributed by atoms with Crippen molar-refractivity contribution in [1.29, 1.82) is 0 Å². The molecule has 0 spiro atoms. The van der Waals surface area contributed by atoms with Crippen molar-refractivity contribution in [1.82, 2.24) is 9.55 Å². The SMILES string of the molecule is CC1CCC(n2c(CCl)nc3ccc(Cl)cc32)C1. The van der Waals surface area contributed by atoms with Gasteiger partial charge < -0.3 is 4.57 Å². The molecule has 3 rings (SSSR count). The number of fused-ring (bicyclic) bond motifs is 1. The largest absolute Gasteiger partial charge is 0.324 e. The summed E-state index contributed by atoms with van der Waals surface area (Å²) in [6.07, 6.45) is 3.71. The highest BCUT2D eigenvalue weighted by molar-refractivity contribution is 6.31. The fourth-order valence-electron chi connectivity index (χ4n) is 3.03. The van der Waals surface area contributed by atoms with E-state index in [-0.39, 0.29) is 0 Å². The van der Waals surface area contributed by atoms with Crippen LogP contribution in [-0.4, -0.2) is 9.55 Å². The normalized spacial score (nSPS) is 23.9. The maximum Gasteiger partial charge on any atom is 0.125 e. The minimum absolute atomic E-state index is 0.456. The van der Waals surface area contributed by atoms with Crippen LogP contribution in [0.5, 0.6) is 0 Å². The average molecular weight is 283 g/mol. The Labute approximate surface area is 117 Å². The third kappa shape index (κ3) is 2.02. The summed E-state index contributed by atoms with van der Waals surface area (Å²) >= 11 is 12.1. The van der Waals surface area contributed by atoms with E-state index in [2.05, 4.69) is 16.5 Å². The van der Waals surface area contributed by atoms with Crippen LogP contribution in [0.25, 0.3) is 11.0 Å². The molecule has 96 valence electrons. The second-order valence-corrected chi connectivity index (χ2v) is 5.94. The van der Waals surface area contributed by atoms with E-state index in [9.17, 15) is 0 Å². The number of rotatable bonds is 2. The van der Waals surface area contributed by atoms with Crippen molar-refractivity contribution < 1.29 is 0 Å². The molecule has 4 heteroatoms. The van der Waals surface area contributed by atoms with Gasteiger partial charge >= 0.3 is 0 Å². The topological polar surface area (TPSA) is 17.8 Å². The lowest BCUT2D eigenvalue weighted by Crippen LogP contribution is -2.08. The second-order valence-electron chi connectivity index (χ2n) is 5.24. The van der Waals surface area contributed by atoms with E-state index in [0.717, 1.165) is 27.8 Å². The number of halogens is 2. The molecule has 0 amide bonds.